The lowest BCUT2D eigenvalue weighted by Crippen LogP contribution is -2.44. The molecule has 1 aromatic rings. The molecule has 0 saturated carbocycles. The van der Waals surface area contributed by atoms with E-state index >= 15 is 0 Å². The van der Waals surface area contributed by atoms with Crippen LogP contribution in [0.3, 0.4) is 0 Å². The zero-order valence-corrected chi connectivity index (χ0v) is 17.7. The zero-order valence-electron chi connectivity index (χ0n) is 16.1. The van der Waals surface area contributed by atoms with Crippen molar-refractivity contribution in [2.45, 2.75) is 43.3 Å². The van der Waals surface area contributed by atoms with Crippen molar-refractivity contribution in [3.05, 3.63) is 30.1 Å². The molecule has 1 saturated heterocycles. The number of nitrogens with one attached hydrogen (secondary N) is 1. The number of amides is 1. The van der Waals surface area contributed by atoms with Crippen LogP contribution in [-0.4, -0.2) is 58.3 Å². The summed E-state index contributed by atoms with van der Waals surface area (Å²) in [5, 5.41) is -0.426. The van der Waals surface area contributed by atoms with Gasteiger partial charge in [0.15, 0.2) is 9.84 Å². The van der Waals surface area contributed by atoms with Gasteiger partial charge in [0.1, 0.15) is 5.82 Å². The number of hydrogen-bond donors (Lipinski definition) is 1. The van der Waals surface area contributed by atoms with E-state index in [1.807, 2.05) is 13.8 Å². The number of benzene rings is 1. The highest BCUT2D eigenvalue weighted by molar-refractivity contribution is 7.92. The minimum Gasteiger partial charge on any atom is -0.343 e. The van der Waals surface area contributed by atoms with E-state index in [2.05, 4.69) is 4.72 Å². The molecular formula is C18H27FN2O5S2. The van der Waals surface area contributed by atoms with Gasteiger partial charge < -0.3 is 4.90 Å². The number of carbonyl (C=O) groups excluding carboxylic acids is 1. The molecule has 1 heterocycles. The van der Waals surface area contributed by atoms with Crippen molar-refractivity contribution >= 4 is 25.8 Å². The van der Waals surface area contributed by atoms with E-state index in [1.165, 1.54) is 12.1 Å². The third-order valence-electron chi connectivity index (χ3n) is 4.61. The summed E-state index contributed by atoms with van der Waals surface area (Å²) in [4.78, 5) is 13.7. The molecule has 1 N–H and O–H groups in total. The molecule has 0 aliphatic carbocycles. The van der Waals surface area contributed by atoms with Crippen molar-refractivity contribution in [1.82, 2.24) is 9.62 Å². The number of sulfone groups is 1. The van der Waals surface area contributed by atoms with Crippen molar-refractivity contribution in [3.63, 3.8) is 0 Å². The number of piperidine rings is 1. The predicted octanol–water partition coefficient (Wildman–Crippen LogP) is 1.56. The van der Waals surface area contributed by atoms with Gasteiger partial charge >= 0.3 is 0 Å². The summed E-state index contributed by atoms with van der Waals surface area (Å²) in [6.07, 6.45) is 0.754. The molecule has 28 heavy (non-hydrogen) atoms. The van der Waals surface area contributed by atoms with Crippen LogP contribution >= 0.6 is 0 Å². The Balaban J connectivity index is 1.82. The van der Waals surface area contributed by atoms with E-state index in [1.54, 1.807) is 4.90 Å². The lowest BCUT2D eigenvalue weighted by Gasteiger charge is -2.32. The second kappa shape index (κ2) is 9.32. The lowest BCUT2D eigenvalue weighted by molar-refractivity contribution is -0.131. The van der Waals surface area contributed by atoms with E-state index in [4.69, 9.17) is 0 Å². The van der Waals surface area contributed by atoms with E-state index in [0.717, 1.165) is 12.1 Å². The summed E-state index contributed by atoms with van der Waals surface area (Å²) in [6.45, 7) is 4.31. The molecule has 1 aliphatic heterocycles. The van der Waals surface area contributed by atoms with Gasteiger partial charge in [0.2, 0.25) is 15.9 Å². The van der Waals surface area contributed by atoms with Crippen molar-refractivity contribution in [3.8, 4) is 0 Å². The smallest absolute Gasteiger partial charge is 0.240 e. The molecule has 0 radical (unpaired) electrons. The molecule has 0 bridgehead atoms. The Hall–Kier alpha value is -1.52. The highest BCUT2D eigenvalue weighted by atomic mass is 32.2. The van der Waals surface area contributed by atoms with Crippen LogP contribution in [0, 0.1) is 11.7 Å². The fourth-order valence-corrected chi connectivity index (χ4v) is 6.43. The van der Waals surface area contributed by atoms with Crippen molar-refractivity contribution in [1.29, 1.82) is 0 Å². The van der Waals surface area contributed by atoms with Gasteiger partial charge in [0.25, 0.3) is 0 Å². The molecule has 158 valence electrons. The van der Waals surface area contributed by atoms with Crippen molar-refractivity contribution in [2.75, 3.05) is 25.4 Å². The first-order valence-electron chi connectivity index (χ1n) is 9.26. The number of likely N-dealkylation sites (tertiary alicyclic amines) is 1. The number of hydrogen-bond acceptors (Lipinski definition) is 5. The Labute approximate surface area is 166 Å². The molecule has 1 aromatic carbocycles. The average Bonchev–Trinajstić information content (AvgIpc) is 2.60. The van der Waals surface area contributed by atoms with Gasteiger partial charge in [-0.05, 0) is 37.0 Å². The zero-order chi connectivity index (χ0) is 20.9. The fourth-order valence-electron chi connectivity index (χ4n) is 3.23. The SMILES string of the molecule is CC(C)CS(=O)(=O)C1CCN(C(=O)CCNS(=O)(=O)c2cccc(F)c2)CC1. The molecule has 2 rings (SSSR count). The van der Waals surface area contributed by atoms with Gasteiger partial charge in [-0.15, -0.1) is 0 Å². The fraction of sp³-hybridized carbons (Fsp3) is 0.611. The van der Waals surface area contributed by atoms with Gasteiger partial charge in [-0.2, -0.15) is 0 Å². The largest absolute Gasteiger partial charge is 0.343 e. The first-order chi connectivity index (χ1) is 13.0. The van der Waals surface area contributed by atoms with Crippen LogP contribution in [0.4, 0.5) is 4.39 Å². The van der Waals surface area contributed by atoms with Crippen LogP contribution in [0.15, 0.2) is 29.2 Å². The summed E-state index contributed by atoms with van der Waals surface area (Å²) in [7, 11) is -7.05. The molecule has 0 atom stereocenters. The number of nitrogens with zero attached hydrogens (tertiary/aromatic N) is 1. The second-order valence-corrected chi connectivity index (χ2v) is 11.5. The van der Waals surface area contributed by atoms with Gasteiger partial charge in [-0.1, -0.05) is 19.9 Å². The Bertz CT molecular complexity index is 892. The molecule has 0 unspecified atom stereocenters. The molecule has 1 fully saturated rings. The maximum atomic E-state index is 13.2. The lowest BCUT2D eigenvalue weighted by atomic mass is 10.1. The molecule has 7 nitrogen and oxygen atoms in total. The molecule has 10 heteroatoms. The third kappa shape index (κ3) is 6.25. The molecule has 0 spiro atoms. The minimum absolute atomic E-state index is 0.0437. The van der Waals surface area contributed by atoms with Crippen LogP contribution in [0.5, 0.6) is 0 Å². The third-order valence-corrected chi connectivity index (χ3v) is 8.68. The van der Waals surface area contributed by atoms with Crippen LogP contribution < -0.4 is 4.72 Å². The van der Waals surface area contributed by atoms with E-state index in [9.17, 15) is 26.0 Å². The van der Waals surface area contributed by atoms with Crippen molar-refractivity contribution < 1.29 is 26.0 Å². The number of carbonyl (C=O) groups is 1. The van der Waals surface area contributed by atoms with E-state index in [-0.39, 0.29) is 35.4 Å². The first kappa shape index (κ1) is 22.8. The Morgan fingerprint density at radius 2 is 1.86 bits per heavy atom. The predicted molar refractivity (Wildman–Crippen MR) is 104 cm³/mol. The monoisotopic (exact) mass is 434 g/mol. The van der Waals surface area contributed by atoms with Crippen LogP contribution in [-0.2, 0) is 24.7 Å². The standard InChI is InChI=1S/C18H27FN2O5S2/c1-14(2)13-27(23,24)16-7-10-21(11-8-16)18(22)6-9-20-28(25,26)17-5-3-4-15(19)12-17/h3-5,12,14,16,20H,6-11,13H2,1-2H3. The summed E-state index contributed by atoms with van der Waals surface area (Å²) < 4.78 is 64.3. The van der Waals surface area contributed by atoms with Crippen LogP contribution in [0.1, 0.15) is 33.1 Å². The maximum absolute atomic E-state index is 13.2. The minimum atomic E-state index is -3.89. The van der Waals surface area contributed by atoms with Crippen LogP contribution in [0.2, 0.25) is 0 Å². The molecule has 1 amide bonds. The van der Waals surface area contributed by atoms with E-state index < -0.39 is 30.9 Å². The average molecular weight is 435 g/mol. The van der Waals surface area contributed by atoms with E-state index in [0.29, 0.717) is 25.9 Å². The summed E-state index contributed by atoms with van der Waals surface area (Å²) in [6, 6.07) is 4.63. The highest BCUT2D eigenvalue weighted by Crippen LogP contribution is 2.21. The first-order valence-corrected chi connectivity index (χ1v) is 12.5. The maximum Gasteiger partial charge on any atom is 0.240 e. The Morgan fingerprint density at radius 1 is 1.21 bits per heavy atom. The second-order valence-electron chi connectivity index (χ2n) is 7.41. The molecular weight excluding hydrogens is 407 g/mol. The number of rotatable bonds is 8. The van der Waals surface area contributed by atoms with Crippen LogP contribution in [0.25, 0.3) is 0 Å². The quantitative estimate of drug-likeness (QED) is 0.669. The Morgan fingerprint density at radius 3 is 2.43 bits per heavy atom. The van der Waals surface area contributed by atoms with Crippen molar-refractivity contribution in [2.24, 2.45) is 5.92 Å². The Kier molecular flexibility index (Phi) is 7.58. The highest BCUT2D eigenvalue weighted by Gasteiger charge is 2.31. The molecule has 1 aliphatic rings. The number of sulfonamides is 1. The van der Waals surface area contributed by atoms with Gasteiger partial charge in [-0.3, -0.25) is 4.79 Å². The summed E-state index contributed by atoms with van der Waals surface area (Å²) >= 11 is 0. The number of halogens is 1. The molecule has 0 aromatic heterocycles. The van der Waals surface area contributed by atoms with Gasteiger partial charge in [-0.25, -0.2) is 25.9 Å². The van der Waals surface area contributed by atoms with Gasteiger partial charge in [0, 0.05) is 26.1 Å². The summed E-state index contributed by atoms with van der Waals surface area (Å²) in [5.74, 6) is -0.681. The van der Waals surface area contributed by atoms with Gasteiger partial charge in [0.05, 0.1) is 15.9 Å². The summed E-state index contributed by atoms with van der Waals surface area (Å²) in [5.41, 5.74) is 0. The topological polar surface area (TPSA) is 101 Å². The normalized spacial score (nSPS) is 16.5.